The monoisotopic (exact) mass is 220 g/mol. The van der Waals surface area contributed by atoms with Gasteiger partial charge in [-0.2, -0.15) is 0 Å². The summed E-state index contributed by atoms with van der Waals surface area (Å²) in [5.74, 6) is 0.834. The summed E-state index contributed by atoms with van der Waals surface area (Å²) >= 11 is 0. The molecule has 0 radical (unpaired) electrons. The Hall–Kier alpha value is -1.55. The molecule has 1 aromatic rings. The molecule has 1 heterocycles. The first-order valence-corrected chi connectivity index (χ1v) is 5.42. The normalized spacial score (nSPS) is 21.0. The minimum absolute atomic E-state index is 0.0933. The van der Waals surface area contributed by atoms with E-state index >= 15 is 0 Å². The molecule has 1 atom stereocenters. The highest BCUT2D eigenvalue weighted by Crippen LogP contribution is 2.28. The van der Waals surface area contributed by atoms with Crippen molar-refractivity contribution in [2.75, 3.05) is 25.1 Å². The van der Waals surface area contributed by atoms with Crippen LogP contribution in [0, 0.1) is 0 Å². The molecule has 1 N–H and O–H groups in total. The van der Waals surface area contributed by atoms with Crippen molar-refractivity contribution in [3.8, 4) is 5.75 Å². The number of anilines is 1. The zero-order valence-corrected chi connectivity index (χ0v) is 9.56. The SMILES string of the molecule is COc1ccccc1N1CCN[C@@H](C)C1=O. The minimum atomic E-state index is -0.126. The van der Waals surface area contributed by atoms with E-state index in [0.717, 1.165) is 18.0 Å². The molecule has 2 rings (SSSR count). The van der Waals surface area contributed by atoms with Crippen LogP contribution in [0.3, 0.4) is 0 Å². The third-order valence-electron chi connectivity index (χ3n) is 2.80. The molecule has 0 spiro atoms. The van der Waals surface area contributed by atoms with Crippen LogP contribution in [-0.2, 0) is 4.79 Å². The van der Waals surface area contributed by atoms with Crippen LogP contribution in [-0.4, -0.2) is 32.1 Å². The van der Waals surface area contributed by atoms with Crippen molar-refractivity contribution < 1.29 is 9.53 Å². The van der Waals surface area contributed by atoms with Gasteiger partial charge in [0.05, 0.1) is 18.8 Å². The van der Waals surface area contributed by atoms with Crippen LogP contribution in [0.2, 0.25) is 0 Å². The second kappa shape index (κ2) is 4.53. The maximum atomic E-state index is 12.0. The molecule has 0 aromatic heterocycles. The number of ether oxygens (including phenoxy) is 1. The van der Waals surface area contributed by atoms with Gasteiger partial charge in [-0.15, -0.1) is 0 Å². The number of nitrogens with zero attached hydrogens (tertiary/aromatic N) is 1. The number of nitrogens with one attached hydrogen (secondary N) is 1. The van der Waals surface area contributed by atoms with Gasteiger partial charge in [0, 0.05) is 13.1 Å². The van der Waals surface area contributed by atoms with Gasteiger partial charge in [-0.05, 0) is 19.1 Å². The van der Waals surface area contributed by atoms with Crippen molar-refractivity contribution >= 4 is 11.6 Å². The molecule has 4 heteroatoms. The van der Waals surface area contributed by atoms with E-state index in [9.17, 15) is 4.79 Å². The topological polar surface area (TPSA) is 41.6 Å². The molecule has 0 aliphatic carbocycles. The summed E-state index contributed by atoms with van der Waals surface area (Å²) < 4.78 is 5.27. The Morgan fingerprint density at radius 3 is 2.94 bits per heavy atom. The number of amides is 1. The first-order valence-electron chi connectivity index (χ1n) is 5.42. The van der Waals surface area contributed by atoms with E-state index in [2.05, 4.69) is 5.32 Å². The molecule has 1 aromatic carbocycles. The van der Waals surface area contributed by atoms with Crippen LogP contribution in [0.5, 0.6) is 5.75 Å². The molecule has 0 saturated carbocycles. The number of benzene rings is 1. The van der Waals surface area contributed by atoms with E-state index in [0.29, 0.717) is 6.54 Å². The van der Waals surface area contributed by atoms with E-state index in [-0.39, 0.29) is 11.9 Å². The highest BCUT2D eigenvalue weighted by molar-refractivity contribution is 5.98. The van der Waals surface area contributed by atoms with Crippen LogP contribution < -0.4 is 15.0 Å². The van der Waals surface area contributed by atoms with Crippen LogP contribution in [0.1, 0.15) is 6.92 Å². The largest absolute Gasteiger partial charge is 0.495 e. The van der Waals surface area contributed by atoms with Gasteiger partial charge < -0.3 is 15.0 Å². The Kier molecular flexibility index (Phi) is 3.10. The third-order valence-corrected chi connectivity index (χ3v) is 2.80. The van der Waals surface area contributed by atoms with E-state index in [4.69, 9.17) is 4.74 Å². The lowest BCUT2D eigenvalue weighted by molar-refractivity contribution is -0.121. The summed E-state index contributed by atoms with van der Waals surface area (Å²) in [5, 5.41) is 3.14. The number of carbonyl (C=O) groups excluding carboxylic acids is 1. The summed E-state index contributed by atoms with van der Waals surface area (Å²) in [4.78, 5) is 13.8. The van der Waals surface area contributed by atoms with Gasteiger partial charge in [-0.1, -0.05) is 12.1 Å². The summed E-state index contributed by atoms with van der Waals surface area (Å²) in [6.07, 6.45) is 0. The van der Waals surface area contributed by atoms with Crippen molar-refractivity contribution in [1.82, 2.24) is 5.32 Å². The standard InChI is InChI=1S/C12H16N2O2/c1-9-12(15)14(8-7-13-9)10-5-3-4-6-11(10)16-2/h3-6,9,13H,7-8H2,1-2H3/t9-/m0/s1. The van der Waals surface area contributed by atoms with Gasteiger partial charge in [-0.3, -0.25) is 4.79 Å². The molecule has 1 aliphatic heterocycles. The molecule has 1 amide bonds. The lowest BCUT2D eigenvalue weighted by atomic mass is 10.2. The van der Waals surface area contributed by atoms with Crippen molar-refractivity contribution in [3.05, 3.63) is 24.3 Å². The second-order valence-corrected chi connectivity index (χ2v) is 3.84. The fraction of sp³-hybridized carbons (Fsp3) is 0.417. The number of hydrogen-bond donors (Lipinski definition) is 1. The van der Waals surface area contributed by atoms with E-state index < -0.39 is 0 Å². The Balaban J connectivity index is 2.32. The highest BCUT2D eigenvalue weighted by Gasteiger charge is 2.27. The molecule has 86 valence electrons. The molecule has 1 saturated heterocycles. The third kappa shape index (κ3) is 1.88. The molecule has 0 unspecified atom stereocenters. The van der Waals surface area contributed by atoms with Crippen LogP contribution in [0.15, 0.2) is 24.3 Å². The Morgan fingerprint density at radius 1 is 1.44 bits per heavy atom. The molecule has 1 aliphatic rings. The number of methoxy groups -OCH3 is 1. The van der Waals surface area contributed by atoms with Gasteiger partial charge in [0.25, 0.3) is 0 Å². The molecule has 4 nitrogen and oxygen atoms in total. The first-order chi connectivity index (χ1) is 7.74. The highest BCUT2D eigenvalue weighted by atomic mass is 16.5. The number of hydrogen-bond acceptors (Lipinski definition) is 3. The molecule has 16 heavy (non-hydrogen) atoms. The summed E-state index contributed by atoms with van der Waals surface area (Å²) in [6.45, 7) is 3.37. The predicted octanol–water partition coefficient (Wildman–Crippen LogP) is 1.02. The van der Waals surface area contributed by atoms with Crippen molar-refractivity contribution in [1.29, 1.82) is 0 Å². The summed E-state index contributed by atoms with van der Waals surface area (Å²) in [7, 11) is 1.62. The number of para-hydroxylation sites is 2. The summed E-state index contributed by atoms with van der Waals surface area (Å²) in [5.41, 5.74) is 0.850. The predicted molar refractivity (Wildman–Crippen MR) is 62.8 cm³/mol. The Bertz CT molecular complexity index is 392. The second-order valence-electron chi connectivity index (χ2n) is 3.84. The van der Waals surface area contributed by atoms with E-state index in [1.807, 2.05) is 31.2 Å². The quantitative estimate of drug-likeness (QED) is 0.809. The average Bonchev–Trinajstić information content (AvgIpc) is 2.33. The zero-order valence-electron chi connectivity index (χ0n) is 9.56. The van der Waals surface area contributed by atoms with Gasteiger partial charge in [0.1, 0.15) is 5.75 Å². The van der Waals surface area contributed by atoms with Crippen molar-refractivity contribution in [2.24, 2.45) is 0 Å². The molecule has 0 bridgehead atoms. The van der Waals surface area contributed by atoms with Gasteiger partial charge in [-0.25, -0.2) is 0 Å². The van der Waals surface area contributed by atoms with Crippen LogP contribution in [0.25, 0.3) is 0 Å². The van der Waals surface area contributed by atoms with Gasteiger partial charge in [0.2, 0.25) is 5.91 Å². The van der Waals surface area contributed by atoms with E-state index in [1.165, 1.54) is 0 Å². The summed E-state index contributed by atoms with van der Waals surface area (Å²) in [6, 6.07) is 7.47. The maximum absolute atomic E-state index is 12.0. The molecular formula is C12H16N2O2. The number of piperazine rings is 1. The van der Waals surface area contributed by atoms with Crippen LogP contribution >= 0.6 is 0 Å². The maximum Gasteiger partial charge on any atom is 0.243 e. The lowest BCUT2D eigenvalue weighted by Crippen LogP contribution is -2.53. The number of rotatable bonds is 2. The van der Waals surface area contributed by atoms with Gasteiger partial charge in [0.15, 0.2) is 0 Å². The lowest BCUT2D eigenvalue weighted by Gasteiger charge is -2.32. The van der Waals surface area contributed by atoms with E-state index in [1.54, 1.807) is 12.0 Å². The van der Waals surface area contributed by atoms with Gasteiger partial charge >= 0.3 is 0 Å². The first kappa shape index (κ1) is 11.0. The minimum Gasteiger partial charge on any atom is -0.495 e. The Labute approximate surface area is 95.2 Å². The Morgan fingerprint density at radius 2 is 2.19 bits per heavy atom. The zero-order chi connectivity index (χ0) is 11.5. The number of carbonyl (C=O) groups is 1. The molecule has 1 fully saturated rings. The van der Waals surface area contributed by atoms with Crippen LogP contribution in [0.4, 0.5) is 5.69 Å². The fourth-order valence-electron chi connectivity index (χ4n) is 1.92. The van der Waals surface area contributed by atoms with Crippen molar-refractivity contribution in [2.45, 2.75) is 13.0 Å². The smallest absolute Gasteiger partial charge is 0.243 e. The van der Waals surface area contributed by atoms with Crippen molar-refractivity contribution in [3.63, 3.8) is 0 Å². The fourth-order valence-corrected chi connectivity index (χ4v) is 1.92. The average molecular weight is 220 g/mol. The molecular weight excluding hydrogens is 204 g/mol.